The number of hydrogen-bond donors (Lipinski definition) is 0. The van der Waals surface area contributed by atoms with E-state index in [1.54, 1.807) is 6.08 Å². The van der Waals surface area contributed by atoms with E-state index in [1.165, 1.54) is 0 Å². The summed E-state index contributed by atoms with van der Waals surface area (Å²) in [5, 5.41) is 0. The van der Waals surface area contributed by atoms with Gasteiger partial charge >= 0.3 is 0 Å². The van der Waals surface area contributed by atoms with Crippen LogP contribution in [-0.4, -0.2) is 16.2 Å². The van der Waals surface area contributed by atoms with Gasteiger partial charge in [0, 0.05) is 18.5 Å². The van der Waals surface area contributed by atoms with Crippen molar-refractivity contribution < 1.29 is 4.79 Å². The summed E-state index contributed by atoms with van der Waals surface area (Å²) in [6.45, 7) is 3.69. The van der Waals surface area contributed by atoms with Crippen LogP contribution in [-0.2, 0) is 4.79 Å². The molecule has 0 amide bonds. The Morgan fingerprint density at radius 2 is 2.29 bits per heavy atom. The molecule has 0 radical (unpaired) electrons. The summed E-state index contributed by atoms with van der Waals surface area (Å²) >= 11 is 0. The van der Waals surface area contributed by atoms with Gasteiger partial charge in [-0.05, 0) is 18.9 Å². The van der Waals surface area contributed by atoms with Crippen molar-refractivity contribution in [1.29, 1.82) is 0 Å². The summed E-state index contributed by atoms with van der Waals surface area (Å²) in [6.07, 6.45) is 14.8. The molecule has 0 aromatic heterocycles. The SMILES string of the molecule is C=CCCC12C=CC=CN1C=CC2=O. The fourth-order valence-corrected chi connectivity index (χ4v) is 1.92. The maximum Gasteiger partial charge on any atom is 0.186 e. The summed E-state index contributed by atoms with van der Waals surface area (Å²) in [7, 11) is 0. The van der Waals surface area contributed by atoms with Crippen molar-refractivity contribution in [3.63, 3.8) is 0 Å². The third kappa shape index (κ3) is 1.15. The number of carbonyl (C=O) groups is 1. The van der Waals surface area contributed by atoms with Gasteiger partial charge in [0.25, 0.3) is 0 Å². The van der Waals surface area contributed by atoms with Gasteiger partial charge in [0.15, 0.2) is 5.78 Å². The van der Waals surface area contributed by atoms with E-state index in [4.69, 9.17) is 0 Å². The van der Waals surface area contributed by atoms with Gasteiger partial charge in [0.1, 0.15) is 5.54 Å². The Morgan fingerprint density at radius 3 is 3.07 bits per heavy atom. The van der Waals surface area contributed by atoms with Gasteiger partial charge in [0.05, 0.1) is 0 Å². The van der Waals surface area contributed by atoms with Crippen LogP contribution in [0.2, 0.25) is 0 Å². The Bertz CT molecular complexity index is 349. The zero-order chi connectivity index (χ0) is 10.0. The normalized spacial score (nSPS) is 28.3. The predicted octanol–water partition coefficient (Wildman–Crippen LogP) is 2.17. The monoisotopic (exact) mass is 187 g/mol. The second-order valence-electron chi connectivity index (χ2n) is 3.54. The molecule has 2 heterocycles. The molecule has 0 N–H and O–H groups in total. The van der Waals surface area contributed by atoms with Gasteiger partial charge in [-0.1, -0.05) is 18.2 Å². The molecule has 0 saturated carbocycles. The summed E-state index contributed by atoms with van der Waals surface area (Å²) in [5.41, 5.74) is -0.455. The first-order chi connectivity index (χ1) is 6.79. The molecule has 0 aromatic rings. The standard InChI is InChI=1S/C12H13NO/c1-2-3-7-12-8-4-5-9-13(12)10-6-11(12)14/h2,4-6,8-10H,1,3,7H2. The van der Waals surface area contributed by atoms with Crippen molar-refractivity contribution in [2.45, 2.75) is 18.4 Å². The number of hydrogen-bond acceptors (Lipinski definition) is 2. The molecule has 0 saturated heterocycles. The van der Waals surface area contributed by atoms with Crippen molar-refractivity contribution in [2.75, 3.05) is 0 Å². The van der Waals surface area contributed by atoms with E-state index < -0.39 is 5.54 Å². The predicted molar refractivity (Wildman–Crippen MR) is 56.4 cm³/mol. The smallest absolute Gasteiger partial charge is 0.186 e. The van der Waals surface area contributed by atoms with E-state index in [-0.39, 0.29) is 5.78 Å². The van der Waals surface area contributed by atoms with Crippen LogP contribution >= 0.6 is 0 Å². The van der Waals surface area contributed by atoms with E-state index in [0.717, 1.165) is 12.8 Å². The second-order valence-corrected chi connectivity index (χ2v) is 3.54. The van der Waals surface area contributed by atoms with E-state index in [9.17, 15) is 4.79 Å². The Morgan fingerprint density at radius 1 is 1.43 bits per heavy atom. The molecule has 2 nitrogen and oxygen atoms in total. The van der Waals surface area contributed by atoms with E-state index in [2.05, 4.69) is 6.58 Å². The number of ketones is 1. The first kappa shape index (κ1) is 9.00. The van der Waals surface area contributed by atoms with E-state index in [0.29, 0.717) is 0 Å². The average Bonchev–Trinajstić information content (AvgIpc) is 2.55. The van der Waals surface area contributed by atoms with Gasteiger partial charge in [-0.2, -0.15) is 0 Å². The van der Waals surface area contributed by atoms with Gasteiger partial charge in [0.2, 0.25) is 0 Å². The summed E-state index contributed by atoms with van der Waals surface area (Å²) in [6, 6.07) is 0. The highest BCUT2D eigenvalue weighted by molar-refractivity contribution is 6.02. The highest BCUT2D eigenvalue weighted by Gasteiger charge is 2.41. The highest BCUT2D eigenvalue weighted by Crippen LogP contribution is 2.33. The van der Waals surface area contributed by atoms with Gasteiger partial charge in [-0.15, -0.1) is 6.58 Å². The minimum absolute atomic E-state index is 0.167. The molecular weight excluding hydrogens is 174 g/mol. The van der Waals surface area contributed by atoms with Crippen LogP contribution in [0.5, 0.6) is 0 Å². The molecule has 0 aromatic carbocycles. The molecule has 1 unspecified atom stereocenters. The largest absolute Gasteiger partial charge is 0.337 e. The molecule has 2 rings (SSSR count). The number of fused-ring (bicyclic) bond motifs is 1. The molecule has 14 heavy (non-hydrogen) atoms. The third-order valence-corrected chi connectivity index (χ3v) is 2.73. The lowest BCUT2D eigenvalue weighted by molar-refractivity contribution is -0.120. The van der Waals surface area contributed by atoms with Crippen molar-refractivity contribution >= 4 is 5.78 Å². The molecule has 0 bridgehead atoms. The first-order valence-corrected chi connectivity index (χ1v) is 4.77. The number of nitrogens with zero attached hydrogens (tertiary/aromatic N) is 1. The molecule has 0 fully saturated rings. The zero-order valence-corrected chi connectivity index (χ0v) is 8.02. The second kappa shape index (κ2) is 3.29. The number of rotatable bonds is 3. The van der Waals surface area contributed by atoms with Crippen LogP contribution in [0.4, 0.5) is 0 Å². The van der Waals surface area contributed by atoms with Crippen molar-refractivity contribution in [2.24, 2.45) is 0 Å². The van der Waals surface area contributed by atoms with E-state index in [1.807, 2.05) is 41.6 Å². The molecule has 2 aliphatic rings. The average molecular weight is 187 g/mol. The minimum Gasteiger partial charge on any atom is -0.337 e. The Hall–Kier alpha value is -1.57. The lowest BCUT2D eigenvalue weighted by atomic mass is 9.87. The van der Waals surface area contributed by atoms with Crippen molar-refractivity contribution in [3.05, 3.63) is 49.4 Å². The van der Waals surface area contributed by atoms with Crippen LogP contribution in [0.1, 0.15) is 12.8 Å². The number of carbonyl (C=O) groups excluding carboxylic acids is 1. The summed E-state index contributed by atoms with van der Waals surface area (Å²) in [5.74, 6) is 0.167. The first-order valence-electron chi connectivity index (χ1n) is 4.77. The van der Waals surface area contributed by atoms with Crippen molar-refractivity contribution in [3.8, 4) is 0 Å². The fraction of sp³-hybridized carbons (Fsp3) is 0.250. The molecule has 0 spiro atoms. The van der Waals surface area contributed by atoms with Crippen LogP contribution in [0, 0.1) is 0 Å². The number of allylic oxidation sites excluding steroid dienone is 3. The molecule has 1 atom stereocenters. The Labute approximate surface area is 83.9 Å². The lowest BCUT2D eigenvalue weighted by Crippen LogP contribution is -2.44. The quantitative estimate of drug-likeness (QED) is 0.631. The van der Waals surface area contributed by atoms with E-state index >= 15 is 0 Å². The zero-order valence-electron chi connectivity index (χ0n) is 8.02. The van der Waals surface area contributed by atoms with Crippen molar-refractivity contribution in [1.82, 2.24) is 4.90 Å². The topological polar surface area (TPSA) is 20.3 Å². The van der Waals surface area contributed by atoms with Gasteiger partial charge < -0.3 is 4.90 Å². The minimum atomic E-state index is -0.455. The third-order valence-electron chi connectivity index (χ3n) is 2.73. The van der Waals surface area contributed by atoms with Crippen LogP contribution in [0.3, 0.4) is 0 Å². The molecule has 0 aliphatic carbocycles. The fourth-order valence-electron chi connectivity index (χ4n) is 1.92. The molecule has 2 heteroatoms. The molecule has 72 valence electrons. The molecule has 2 aliphatic heterocycles. The highest BCUT2D eigenvalue weighted by atomic mass is 16.1. The lowest BCUT2D eigenvalue weighted by Gasteiger charge is -2.34. The maximum absolute atomic E-state index is 11.8. The van der Waals surface area contributed by atoms with Crippen LogP contribution in [0.25, 0.3) is 0 Å². The van der Waals surface area contributed by atoms with Gasteiger partial charge in [-0.3, -0.25) is 4.79 Å². The molecular formula is C12H13NO. The van der Waals surface area contributed by atoms with Crippen LogP contribution in [0.15, 0.2) is 49.4 Å². The maximum atomic E-state index is 11.8. The van der Waals surface area contributed by atoms with Crippen LogP contribution < -0.4 is 0 Å². The van der Waals surface area contributed by atoms with Gasteiger partial charge in [-0.25, -0.2) is 0 Å². The summed E-state index contributed by atoms with van der Waals surface area (Å²) in [4.78, 5) is 13.8. The Kier molecular flexibility index (Phi) is 2.12. The Balaban J connectivity index is 2.28. The summed E-state index contributed by atoms with van der Waals surface area (Å²) < 4.78 is 0.